The third-order valence-corrected chi connectivity index (χ3v) is 2.66. The molecule has 1 aliphatic rings. The van der Waals surface area contributed by atoms with Crippen LogP contribution in [0.3, 0.4) is 0 Å². The Kier molecular flexibility index (Phi) is 3.86. The van der Waals surface area contributed by atoms with Gasteiger partial charge in [-0.05, 0) is 26.1 Å². The van der Waals surface area contributed by atoms with E-state index in [4.69, 9.17) is 9.47 Å². The first-order valence-corrected chi connectivity index (χ1v) is 5.90. The van der Waals surface area contributed by atoms with E-state index in [0.717, 1.165) is 18.0 Å². The Balaban J connectivity index is 1.90. The molecule has 0 saturated carbocycles. The monoisotopic (exact) mass is 237 g/mol. The van der Waals surface area contributed by atoms with Crippen LogP contribution in [0.2, 0.25) is 0 Å². The molecule has 1 aromatic rings. The summed E-state index contributed by atoms with van der Waals surface area (Å²) in [5.74, 6) is 1.61. The van der Waals surface area contributed by atoms with Gasteiger partial charge in [0.2, 0.25) is 0 Å². The summed E-state index contributed by atoms with van der Waals surface area (Å²) in [6.07, 6.45) is -0.301. The van der Waals surface area contributed by atoms with Crippen molar-refractivity contribution in [2.24, 2.45) is 0 Å². The Morgan fingerprint density at radius 2 is 2.12 bits per heavy atom. The summed E-state index contributed by atoms with van der Waals surface area (Å²) in [6, 6.07) is 7.69. The van der Waals surface area contributed by atoms with Gasteiger partial charge in [-0.25, -0.2) is 0 Å². The van der Waals surface area contributed by atoms with Crippen molar-refractivity contribution in [3.8, 4) is 11.5 Å². The normalized spacial score (nSPS) is 20.4. The summed E-state index contributed by atoms with van der Waals surface area (Å²) in [7, 11) is 1.97. The summed E-state index contributed by atoms with van der Waals surface area (Å²) in [4.78, 5) is 2.05. The van der Waals surface area contributed by atoms with Crippen molar-refractivity contribution in [2.45, 2.75) is 19.1 Å². The molecule has 0 saturated heterocycles. The highest BCUT2D eigenvalue weighted by Gasteiger charge is 2.21. The minimum Gasteiger partial charge on any atom is -0.486 e. The average molecular weight is 237 g/mol. The molecule has 4 heteroatoms. The number of aliphatic hydroxyl groups excluding tert-OH is 1. The van der Waals surface area contributed by atoms with Gasteiger partial charge < -0.3 is 14.6 Å². The van der Waals surface area contributed by atoms with Crippen molar-refractivity contribution in [2.75, 3.05) is 26.7 Å². The van der Waals surface area contributed by atoms with Crippen molar-refractivity contribution in [3.63, 3.8) is 0 Å². The molecule has 0 aromatic heterocycles. The molecule has 0 bridgehead atoms. The molecular weight excluding hydrogens is 218 g/mol. The molecule has 0 unspecified atom stereocenters. The highest BCUT2D eigenvalue weighted by molar-refractivity contribution is 5.40. The zero-order valence-corrected chi connectivity index (χ0v) is 10.3. The van der Waals surface area contributed by atoms with Gasteiger partial charge in [-0.15, -0.1) is 0 Å². The number of aliphatic hydroxyl groups is 1. The van der Waals surface area contributed by atoms with Gasteiger partial charge in [0.15, 0.2) is 11.5 Å². The van der Waals surface area contributed by atoms with E-state index in [9.17, 15) is 5.11 Å². The smallest absolute Gasteiger partial charge is 0.161 e. The molecule has 0 amide bonds. The Morgan fingerprint density at radius 1 is 1.41 bits per heavy atom. The maximum absolute atomic E-state index is 9.30. The van der Waals surface area contributed by atoms with Gasteiger partial charge in [-0.3, -0.25) is 4.90 Å². The highest BCUT2D eigenvalue weighted by Crippen LogP contribution is 2.30. The van der Waals surface area contributed by atoms with Crippen LogP contribution >= 0.6 is 0 Å². The fourth-order valence-corrected chi connectivity index (χ4v) is 2.03. The molecule has 0 fully saturated rings. The Hall–Kier alpha value is -1.26. The Morgan fingerprint density at radius 3 is 2.82 bits per heavy atom. The Bertz CT molecular complexity index is 367. The molecule has 94 valence electrons. The largest absolute Gasteiger partial charge is 0.486 e. The predicted octanol–water partition coefficient (Wildman–Crippen LogP) is 1.14. The minimum atomic E-state index is -0.322. The number of hydrogen-bond donors (Lipinski definition) is 1. The van der Waals surface area contributed by atoms with E-state index in [1.54, 1.807) is 6.92 Å². The van der Waals surface area contributed by atoms with Crippen molar-refractivity contribution >= 4 is 0 Å². The van der Waals surface area contributed by atoms with Gasteiger partial charge in [-0.1, -0.05) is 12.1 Å². The number of likely N-dealkylation sites (N-methyl/N-ethyl adjacent to an activating group) is 1. The lowest BCUT2D eigenvalue weighted by Gasteiger charge is -2.29. The maximum Gasteiger partial charge on any atom is 0.161 e. The average Bonchev–Trinajstić information content (AvgIpc) is 2.27. The number of hydrogen-bond acceptors (Lipinski definition) is 4. The first-order valence-electron chi connectivity index (χ1n) is 5.90. The number of nitrogens with zero attached hydrogens (tertiary/aromatic N) is 1. The van der Waals surface area contributed by atoms with Gasteiger partial charge in [0.05, 0.1) is 6.10 Å². The highest BCUT2D eigenvalue weighted by atomic mass is 16.6. The number of ether oxygens (including phenoxy) is 2. The second-order valence-electron chi connectivity index (χ2n) is 4.57. The molecule has 4 nitrogen and oxygen atoms in total. The fourth-order valence-electron chi connectivity index (χ4n) is 2.03. The van der Waals surface area contributed by atoms with E-state index in [-0.39, 0.29) is 12.2 Å². The SMILES string of the molecule is C[C@@H](O)CN(C)C[C@H]1COc2ccccc2O1. The third-order valence-electron chi connectivity index (χ3n) is 2.66. The van der Waals surface area contributed by atoms with Gasteiger partial charge in [-0.2, -0.15) is 0 Å². The van der Waals surface area contributed by atoms with E-state index < -0.39 is 0 Å². The molecule has 2 atom stereocenters. The van der Waals surface area contributed by atoms with E-state index >= 15 is 0 Å². The molecule has 1 aromatic carbocycles. The van der Waals surface area contributed by atoms with Crippen LogP contribution in [0, 0.1) is 0 Å². The van der Waals surface area contributed by atoms with Crippen molar-refractivity contribution in [1.29, 1.82) is 0 Å². The third kappa shape index (κ3) is 3.35. The van der Waals surface area contributed by atoms with Gasteiger partial charge >= 0.3 is 0 Å². The van der Waals surface area contributed by atoms with Crippen LogP contribution < -0.4 is 9.47 Å². The van der Waals surface area contributed by atoms with Crippen LogP contribution in [0.5, 0.6) is 11.5 Å². The standard InChI is InChI=1S/C13H19NO3/c1-10(15)7-14(2)8-11-9-16-12-5-3-4-6-13(12)17-11/h3-6,10-11,15H,7-9H2,1-2H3/t10-,11+/m1/s1. The maximum atomic E-state index is 9.30. The molecule has 1 N–H and O–H groups in total. The second-order valence-corrected chi connectivity index (χ2v) is 4.57. The van der Waals surface area contributed by atoms with E-state index in [1.165, 1.54) is 0 Å². The lowest BCUT2D eigenvalue weighted by Crippen LogP contribution is -2.41. The van der Waals surface area contributed by atoms with Gasteiger partial charge in [0, 0.05) is 13.1 Å². The lowest BCUT2D eigenvalue weighted by atomic mass is 10.2. The van der Waals surface area contributed by atoms with Crippen LogP contribution in [0.15, 0.2) is 24.3 Å². The van der Waals surface area contributed by atoms with Crippen molar-refractivity contribution in [1.82, 2.24) is 4.90 Å². The van der Waals surface area contributed by atoms with E-state index in [2.05, 4.69) is 0 Å². The molecular formula is C13H19NO3. The molecule has 0 spiro atoms. The first-order chi connectivity index (χ1) is 8.15. The molecule has 2 rings (SSSR count). The topological polar surface area (TPSA) is 41.9 Å². The summed E-state index contributed by atoms with van der Waals surface area (Å²) in [5, 5.41) is 9.30. The molecule has 17 heavy (non-hydrogen) atoms. The minimum absolute atomic E-state index is 0.0219. The van der Waals surface area contributed by atoms with Gasteiger partial charge in [0.25, 0.3) is 0 Å². The molecule has 0 radical (unpaired) electrons. The van der Waals surface area contributed by atoms with Crippen LogP contribution in [-0.4, -0.2) is 49.0 Å². The number of para-hydroxylation sites is 2. The van der Waals surface area contributed by atoms with Crippen molar-refractivity contribution in [3.05, 3.63) is 24.3 Å². The molecule has 0 aliphatic carbocycles. The summed E-state index contributed by atoms with van der Waals surface area (Å²) < 4.78 is 11.5. The van der Waals surface area contributed by atoms with Crippen LogP contribution in [-0.2, 0) is 0 Å². The second kappa shape index (κ2) is 5.38. The van der Waals surface area contributed by atoms with E-state index in [1.807, 2.05) is 36.2 Å². The summed E-state index contributed by atoms with van der Waals surface area (Å²) >= 11 is 0. The molecule has 1 aliphatic heterocycles. The zero-order valence-electron chi connectivity index (χ0n) is 10.3. The summed E-state index contributed by atoms with van der Waals surface area (Å²) in [6.45, 7) is 3.73. The van der Waals surface area contributed by atoms with Gasteiger partial charge in [0.1, 0.15) is 12.7 Å². The Labute approximate surface area is 102 Å². The first kappa shape index (κ1) is 12.2. The summed E-state index contributed by atoms with van der Waals surface area (Å²) in [5.41, 5.74) is 0. The number of benzene rings is 1. The van der Waals surface area contributed by atoms with Crippen LogP contribution in [0.1, 0.15) is 6.92 Å². The fraction of sp³-hybridized carbons (Fsp3) is 0.538. The number of fused-ring (bicyclic) bond motifs is 1. The van der Waals surface area contributed by atoms with Crippen LogP contribution in [0.25, 0.3) is 0 Å². The van der Waals surface area contributed by atoms with Crippen molar-refractivity contribution < 1.29 is 14.6 Å². The lowest BCUT2D eigenvalue weighted by molar-refractivity contribution is 0.0524. The van der Waals surface area contributed by atoms with Crippen LogP contribution in [0.4, 0.5) is 0 Å². The number of rotatable bonds is 4. The zero-order chi connectivity index (χ0) is 12.3. The quantitative estimate of drug-likeness (QED) is 0.852. The predicted molar refractivity (Wildman–Crippen MR) is 65.5 cm³/mol. The van der Waals surface area contributed by atoms with E-state index in [0.29, 0.717) is 13.2 Å². The molecule has 1 heterocycles.